The standard InChI is InChI=1S/C21H29N3O3/c1-20(2,3)27-19(26)23-8-6-21(7-9-23)11-17(12-21)24-18-5-4-15(14-25)10-16(18)13-22-24/h4-5,10,13,17,25H,6-9,11-12,14H2,1-3H3. The second-order valence-electron chi connectivity index (χ2n) is 9.17. The Labute approximate surface area is 160 Å². The number of nitrogens with zero attached hydrogens (tertiary/aromatic N) is 3. The van der Waals surface area contributed by atoms with Gasteiger partial charge in [0.05, 0.1) is 24.4 Å². The minimum Gasteiger partial charge on any atom is -0.444 e. The van der Waals surface area contributed by atoms with E-state index in [1.165, 1.54) is 0 Å². The summed E-state index contributed by atoms with van der Waals surface area (Å²) in [6.07, 6.45) is 6.02. The predicted octanol–water partition coefficient (Wildman–Crippen LogP) is 3.88. The normalized spacial score (nSPS) is 20.1. The van der Waals surface area contributed by atoms with Crippen LogP contribution in [0.25, 0.3) is 10.9 Å². The van der Waals surface area contributed by atoms with Gasteiger partial charge in [-0.1, -0.05) is 6.07 Å². The van der Waals surface area contributed by atoms with E-state index in [4.69, 9.17) is 4.74 Å². The van der Waals surface area contributed by atoms with Gasteiger partial charge < -0.3 is 14.7 Å². The van der Waals surface area contributed by atoms with Crippen LogP contribution in [0, 0.1) is 5.41 Å². The van der Waals surface area contributed by atoms with E-state index in [-0.39, 0.29) is 12.7 Å². The number of ether oxygens (including phenoxy) is 1. The Bertz CT molecular complexity index is 836. The molecule has 0 radical (unpaired) electrons. The average molecular weight is 371 g/mol. The van der Waals surface area contributed by atoms with Gasteiger partial charge in [-0.15, -0.1) is 0 Å². The molecule has 6 heteroatoms. The third-order valence-electron chi connectivity index (χ3n) is 6.00. The molecule has 1 saturated carbocycles. The molecule has 0 unspecified atom stereocenters. The summed E-state index contributed by atoms with van der Waals surface area (Å²) < 4.78 is 7.64. The van der Waals surface area contributed by atoms with Crippen LogP contribution in [0.2, 0.25) is 0 Å². The van der Waals surface area contributed by atoms with Crippen molar-refractivity contribution in [1.82, 2.24) is 14.7 Å². The molecule has 1 N–H and O–H groups in total. The molecule has 2 aliphatic rings. The molecule has 0 bridgehead atoms. The summed E-state index contributed by atoms with van der Waals surface area (Å²) >= 11 is 0. The molecule has 27 heavy (non-hydrogen) atoms. The van der Waals surface area contributed by atoms with E-state index in [0.717, 1.165) is 55.2 Å². The Balaban J connectivity index is 1.37. The van der Waals surface area contributed by atoms with Gasteiger partial charge >= 0.3 is 6.09 Å². The first-order valence-corrected chi connectivity index (χ1v) is 9.84. The van der Waals surface area contributed by atoms with Crippen LogP contribution in [0.3, 0.4) is 0 Å². The lowest BCUT2D eigenvalue weighted by Crippen LogP contribution is -2.50. The van der Waals surface area contributed by atoms with E-state index in [1.807, 2.05) is 44.0 Å². The first kappa shape index (κ1) is 18.3. The van der Waals surface area contributed by atoms with E-state index >= 15 is 0 Å². The van der Waals surface area contributed by atoms with Gasteiger partial charge in [0.1, 0.15) is 5.60 Å². The maximum Gasteiger partial charge on any atom is 0.410 e. The summed E-state index contributed by atoms with van der Waals surface area (Å²) in [5.74, 6) is 0. The van der Waals surface area contributed by atoms with Crippen molar-refractivity contribution in [3.63, 3.8) is 0 Å². The van der Waals surface area contributed by atoms with Crippen LogP contribution in [0.15, 0.2) is 24.4 Å². The molecule has 1 aromatic heterocycles. The SMILES string of the molecule is CC(C)(C)OC(=O)N1CCC2(CC1)CC(n1ncc3cc(CO)ccc31)C2. The zero-order chi connectivity index (χ0) is 19.2. The van der Waals surface area contributed by atoms with Gasteiger partial charge in [-0.3, -0.25) is 4.68 Å². The summed E-state index contributed by atoms with van der Waals surface area (Å²) in [6.45, 7) is 7.34. The molecule has 0 atom stereocenters. The van der Waals surface area contributed by atoms with Gasteiger partial charge in [-0.2, -0.15) is 5.10 Å². The Morgan fingerprint density at radius 2 is 2.00 bits per heavy atom. The van der Waals surface area contributed by atoms with Crippen LogP contribution in [0.5, 0.6) is 0 Å². The number of aromatic nitrogens is 2. The van der Waals surface area contributed by atoms with Crippen LogP contribution >= 0.6 is 0 Å². The molecule has 4 rings (SSSR count). The number of fused-ring (bicyclic) bond motifs is 1. The van der Waals surface area contributed by atoms with Crippen molar-refractivity contribution in [2.75, 3.05) is 13.1 Å². The van der Waals surface area contributed by atoms with E-state index in [2.05, 4.69) is 15.8 Å². The zero-order valence-electron chi connectivity index (χ0n) is 16.4. The van der Waals surface area contributed by atoms with Crippen LogP contribution in [0.1, 0.15) is 58.1 Å². The van der Waals surface area contributed by atoms with Gasteiger partial charge in [-0.05, 0) is 69.6 Å². The van der Waals surface area contributed by atoms with E-state index < -0.39 is 5.60 Å². The lowest BCUT2D eigenvalue weighted by Gasteiger charge is -2.52. The Morgan fingerprint density at radius 1 is 1.30 bits per heavy atom. The molecule has 6 nitrogen and oxygen atoms in total. The Hall–Kier alpha value is -2.08. The van der Waals surface area contributed by atoms with Crippen molar-refractivity contribution >= 4 is 17.0 Å². The number of aliphatic hydroxyl groups excluding tert-OH is 1. The summed E-state index contributed by atoms with van der Waals surface area (Å²) in [6, 6.07) is 6.46. The van der Waals surface area contributed by atoms with E-state index in [9.17, 15) is 9.90 Å². The van der Waals surface area contributed by atoms with Crippen molar-refractivity contribution < 1.29 is 14.6 Å². The molecular formula is C21H29N3O3. The molecule has 1 saturated heterocycles. The lowest BCUT2D eigenvalue weighted by atomic mass is 9.60. The monoisotopic (exact) mass is 371 g/mol. The van der Waals surface area contributed by atoms with Crippen molar-refractivity contribution in [1.29, 1.82) is 0 Å². The highest BCUT2D eigenvalue weighted by atomic mass is 16.6. The number of aliphatic hydroxyl groups is 1. The third kappa shape index (κ3) is 3.55. The molecule has 1 spiro atoms. The number of rotatable bonds is 2. The molecule has 1 amide bonds. The van der Waals surface area contributed by atoms with E-state index in [1.54, 1.807) is 0 Å². The number of carbonyl (C=O) groups is 1. The van der Waals surface area contributed by atoms with Gasteiger partial charge in [0.25, 0.3) is 0 Å². The summed E-state index contributed by atoms with van der Waals surface area (Å²) in [5, 5.41) is 15.0. The molecule has 2 heterocycles. The average Bonchev–Trinajstić information content (AvgIpc) is 3.01. The largest absolute Gasteiger partial charge is 0.444 e. The molecule has 2 aromatic rings. The van der Waals surface area contributed by atoms with Crippen LogP contribution in [0.4, 0.5) is 4.79 Å². The smallest absolute Gasteiger partial charge is 0.410 e. The zero-order valence-corrected chi connectivity index (χ0v) is 16.4. The van der Waals surface area contributed by atoms with Gasteiger partial charge in [0.15, 0.2) is 0 Å². The number of amides is 1. The summed E-state index contributed by atoms with van der Waals surface area (Å²) in [5.41, 5.74) is 1.96. The minimum absolute atomic E-state index is 0.0573. The molecule has 1 aliphatic heterocycles. The van der Waals surface area contributed by atoms with Crippen LogP contribution in [-0.4, -0.2) is 44.6 Å². The minimum atomic E-state index is -0.440. The van der Waals surface area contributed by atoms with Crippen molar-refractivity contribution in [3.8, 4) is 0 Å². The topological polar surface area (TPSA) is 67.6 Å². The second-order valence-corrected chi connectivity index (χ2v) is 9.17. The molecule has 1 aromatic carbocycles. The number of carbonyl (C=O) groups excluding carboxylic acids is 1. The number of likely N-dealkylation sites (tertiary alicyclic amines) is 1. The third-order valence-corrected chi connectivity index (χ3v) is 6.00. The highest BCUT2D eigenvalue weighted by molar-refractivity contribution is 5.79. The number of piperidine rings is 1. The molecule has 146 valence electrons. The van der Waals surface area contributed by atoms with Crippen LogP contribution in [-0.2, 0) is 11.3 Å². The first-order chi connectivity index (χ1) is 12.8. The van der Waals surface area contributed by atoms with Crippen molar-refractivity contribution in [2.45, 2.75) is 64.7 Å². The highest BCUT2D eigenvalue weighted by Crippen LogP contribution is 2.55. The van der Waals surface area contributed by atoms with Crippen molar-refractivity contribution in [2.24, 2.45) is 5.41 Å². The quantitative estimate of drug-likeness (QED) is 0.870. The summed E-state index contributed by atoms with van der Waals surface area (Å²) in [4.78, 5) is 14.1. The molecule has 2 fully saturated rings. The molecular weight excluding hydrogens is 342 g/mol. The van der Waals surface area contributed by atoms with Gasteiger partial charge in [-0.25, -0.2) is 4.79 Å². The first-order valence-electron chi connectivity index (χ1n) is 9.84. The number of hydrogen-bond acceptors (Lipinski definition) is 4. The fourth-order valence-corrected chi connectivity index (χ4v) is 4.50. The van der Waals surface area contributed by atoms with Gasteiger partial charge in [0.2, 0.25) is 0 Å². The van der Waals surface area contributed by atoms with Crippen molar-refractivity contribution in [3.05, 3.63) is 30.0 Å². The second kappa shape index (κ2) is 6.51. The number of hydrogen-bond donors (Lipinski definition) is 1. The predicted molar refractivity (Wildman–Crippen MR) is 103 cm³/mol. The summed E-state index contributed by atoms with van der Waals surface area (Å²) in [7, 11) is 0. The Kier molecular flexibility index (Phi) is 4.41. The fraction of sp³-hybridized carbons (Fsp3) is 0.619. The maximum absolute atomic E-state index is 12.3. The maximum atomic E-state index is 12.3. The fourth-order valence-electron chi connectivity index (χ4n) is 4.50. The highest BCUT2D eigenvalue weighted by Gasteiger charge is 2.48. The number of benzene rings is 1. The Morgan fingerprint density at radius 3 is 2.63 bits per heavy atom. The van der Waals surface area contributed by atoms with Crippen LogP contribution < -0.4 is 0 Å². The van der Waals surface area contributed by atoms with E-state index in [0.29, 0.717) is 11.5 Å². The lowest BCUT2D eigenvalue weighted by molar-refractivity contribution is -0.0249. The van der Waals surface area contributed by atoms with Gasteiger partial charge in [0, 0.05) is 18.5 Å². The molecule has 1 aliphatic carbocycles.